The molecule has 0 aliphatic carbocycles. The Kier molecular flexibility index (Phi) is 6.12. The number of nitrogens with zero attached hydrogens (tertiary/aromatic N) is 2. The molecular weight excluding hydrogens is 432 g/mol. The van der Waals surface area contributed by atoms with E-state index >= 15 is 0 Å². The van der Waals surface area contributed by atoms with Crippen molar-refractivity contribution >= 4 is 51.9 Å². The summed E-state index contributed by atoms with van der Waals surface area (Å²) >= 11 is 17.1. The van der Waals surface area contributed by atoms with Gasteiger partial charge in [0.2, 0.25) is 0 Å². The highest BCUT2D eigenvalue weighted by Crippen LogP contribution is 2.29. The van der Waals surface area contributed by atoms with Crippen molar-refractivity contribution in [1.29, 1.82) is 0 Å². The smallest absolute Gasteiger partial charge is 0.332 e. The summed E-state index contributed by atoms with van der Waals surface area (Å²) in [5.74, 6) is 0. The van der Waals surface area contributed by atoms with Crippen LogP contribution in [0.3, 0.4) is 0 Å². The number of benzene rings is 2. The van der Waals surface area contributed by atoms with Gasteiger partial charge < -0.3 is 10.6 Å². The van der Waals surface area contributed by atoms with Crippen LogP contribution in [0.1, 0.15) is 11.1 Å². The van der Waals surface area contributed by atoms with Crippen LogP contribution in [0.2, 0.25) is 10.0 Å². The molecule has 0 unspecified atom stereocenters. The minimum Gasteiger partial charge on any atom is -0.332 e. The lowest BCUT2D eigenvalue weighted by atomic mass is 10.1. The van der Waals surface area contributed by atoms with E-state index in [-0.39, 0.29) is 6.54 Å². The van der Waals surface area contributed by atoms with Crippen molar-refractivity contribution in [1.82, 2.24) is 9.78 Å². The molecule has 10 heteroatoms. The van der Waals surface area contributed by atoms with E-state index in [4.69, 9.17) is 35.4 Å². The molecule has 3 aromatic rings. The third-order valence-electron chi connectivity index (χ3n) is 3.67. The molecule has 0 saturated heterocycles. The topological polar surface area (TPSA) is 41.9 Å². The van der Waals surface area contributed by atoms with Gasteiger partial charge in [0.05, 0.1) is 34.0 Å². The first-order valence-corrected chi connectivity index (χ1v) is 9.09. The molecule has 1 heterocycles. The van der Waals surface area contributed by atoms with Crippen LogP contribution in [0.15, 0.2) is 54.9 Å². The Morgan fingerprint density at radius 1 is 1.04 bits per heavy atom. The van der Waals surface area contributed by atoms with Gasteiger partial charge in [-0.2, -0.15) is 18.3 Å². The molecule has 3 rings (SSSR count). The van der Waals surface area contributed by atoms with Crippen LogP contribution in [0.4, 0.5) is 24.5 Å². The van der Waals surface area contributed by atoms with Crippen LogP contribution < -0.4 is 10.6 Å². The van der Waals surface area contributed by atoms with E-state index in [1.54, 1.807) is 30.5 Å². The molecule has 0 spiro atoms. The first kappa shape index (κ1) is 20.4. The predicted octanol–water partition coefficient (Wildman–Crippen LogP) is 6.07. The maximum absolute atomic E-state index is 12.8. The molecule has 4 nitrogen and oxygen atoms in total. The Balaban J connectivity index is 1.62. The molecule has 0 atom stereocenters. The van der Waals surface area contributed by atoms with Gasteiger partial charge in [0.1, 0.15) is 0 Å². The number of nitrogens with one attached hydrogen (secondary N) is 2. The lowest BCUT2D eigenvalue weighted by Gasteiger charge is -2.10. The first-order chi connectivity index (χ1) is 13.2. The Bertz CT molecular complexity index is 1000. The van der Waals surface area contributed by atoms with Gasteiger partial charge in [-0.1, -0.05) is 35.3 Å². The molecule has 0 amide bonds. The normalized spacial score (nSPS) is 11.3. The zero-order valence-electron chi connectivity index (χ0n) is 14.1. The number of hydrogen-bond acceptors (Lipinski definition) is 2. The Morgan fingerprint density at radius 2 is 1.79 bits per heavy atom. The number of hydrogen-bond donors (Lipinski definition) is 2. The molecule has 0 saturated carbocycles. The molecule has 28 heavy (non-hydrogen) atoms. The second-order valence-electron chi connectivity index (χ2n) is 5.83. The highest BCUT2D eigenvalue weighted by molar-refractivity contribution is 7.80. The molecule has 0 aliphatic rings. The zero-order valence-corrected chi connectivity index (χ0v) is 16.4. The van der Waals surface area contributed by atoms with E-state index in [1.807, 2.05) is 0 Å². The van der Waals surface area contributed by atoms with E-state index in [0.717, 1.165) is 12.1 Å². The summed E-state index contributed by atoms with van der Waals surface area (Å²) in [6.45, 7) is 0.193. The number of thiocarbonyl (C=S) groups is 1. The number of rotatable bonds is 4. The molecular formula is C18H13Cl2F3N4S. The van der Waals surface area contributed by atoms with Gasteiger partial charge in [-0.15, -0.1) is 0 Å². The summed E-state index contributed by atoms with van der Waals surface area (Å²) in [5.41, 5.74) is 1.04. The highest BCUT2D eigenvalue weighted by Gasteiger charge is 2.30. The lowest BCUT2D eigenvalue weighted by Crippen LogP contribution is -2.18. The minimum absolute atomic E-state index is 0.193. The van der Waals surface area contributed by atoms with Gasteiger partial charge in [0, 0.05) is 11.9 Å². The van der Waals surface area contributed by atoms with Crippen molar-refractivity contribution in [2.75, 3.05) is 10.6 Å². The summed E-state index contributed by atoms with van der Waals surface area (Å²) in [6, 6.07) is 10.1. The minimum atomic E-state index is -4.38. The van der Waals surface area contributed by atoms with E-state index < -0.39 is 11.7 Å². The van der Waals surface area contributed by atoms with Crippen molar-refractivity contribution < 1.29 is 13.2 Å². The Labute approximate surface area is 174 Å². The van der Waals surface area contributed by atoms with Gasteiger partial charge in [-0.25, -0.2) is 0 Å². The fourth-order valence-electron chi connectivity index (χ4n) is 2.41. The largest absolute Gasteiger partial charge is 0.416 e. The number of halogens is 5. The Morgan fingerprint density at radius 3 is 2.50 bits per heavy atom. The number of anilines is 2. The van der Waals surface area contributed by atoms with Crippen molar-refractivity contribution in [3.05, 3.63) is 76.0 Å². The van der Waals surface area contributed by atoms with Gasteiger partial charge in [-0.05, 0) is 48.1 Å². The summed E-state index contributed by atoms with van der Waals surface area (Å²) in [6.07, 6.45) is -1.21. The molecule has 146 valence electrons. The first-order valence-electron chi connectivity index (χ1n) is 7.92. The van der Waals surface area contributed by atoms with Crippen LogP contribution in [-0.2, 0) is 12.7 Å². The van der Waals surface area contributed by atoms with Crippen molar-refractivity contribution in [3.63, 3.8) is 0 Å². The van der Waals surface area contributed by atoms with Crippen LogP contribution in [0, 0.1) is 0 Å². The van der Waals surface area contributed by atoms with E-state index in [9.17, 15) is 13.2 Å². The average Bonchev–Trinajstić information content (AvgIpc) is 3.04. The van der Waals surface area contributed by atoms with Crippen molar-refractivity contribution in [2.24, 2.45) is 0 Å². The summed E-state index contributed by atoms with van der Waals surface area (Å²) in [7, 11) is 0. The molecule has 2 aromatic carbocycles. The summed E-state index contributed by atoms with van der Waals surface area (Å²) in [4.78, 5) is 0. The highest BCUT2D eigenvalue weighted by atomic mass is 35.5. The second kappa shape index (κ2) is 8.38. The molecule has 1 aromatic heterocycles. The number of alkyl halides is 3. The van der Waals surface area contributed by atoms with Gasteiger partial charge in [-0.3, -0.25) is 4.68 Å². The van der Waals surface area contributed by atoms with E-state index in [0.29, 0.717) is 32.1 Å². The maximum Gasteiger partial charge on any atom is 0.416 e. The predicted molar refractivity (Wildman–Crippen MR) is 109 cm³/mol. The van der Waals surface area contributed by atoms with Crippen LogP contribution >= 0.6 is 35.4 Å². The fourth-order valence-corrected chi connectivity index (χ4v) is 2.95. The number of aromatic nitrogens is 2. The van der Waals surface area contributed by atoms with Gasteiger partial charge >= 0.3 is 6.18 Å². The van der Waals surface area contributed by atoms with Crippen molar-refractivity contribution in [3.8, 4) is 0 Å². The van der Waals surface area contributed by atoms with Crippen LogP contribution in [0.25, 0.3) is 0 Å². The quantitative estimate of drug-likeness (QED) is 0.479. The summed E-state index contributed by atoms with van der Waals surface area (Å²) in [5, 5.41) is 11.2. The standard InChI is InChI=1S/C18H13Cl2F3N4S/c19-15-5-4-13(7-16(15)20)25-17(28)26-14-8-24-27(10-14)9-11-2-1-3-12(6-11)18(21,22)23/h1-8,10H,9H2,(H2,25,26,28). The molecule has 0 radical (unpaired) electrons. The van der Waals surface area contributed by atoms with E-state index in [2.05, 4.69) is 15.7 Å². The van der Waals surface area contributed by atoms with E-state index in [1.165, 1.54) is 16.9 Å². The second-order valence-corrected chi connectivity index (χ2v) is 7.06. The monoisotopic (exact) mass is 444 g/mol. The summed E-state index contributed by atoms with van der Waals surface area (Å²) < 4.78 is 39.9. The van der Waals surface area contributed by atoms with Crippen molar-refractivity contribution in [2.45, 2.75) is 12.7 Å². The maximum atomic E-state index is 12.8. The average molecular weight is 445 g/mol. The fraction of sp³-hybridized carbons (Fsp3) is 0.111. The van der Waals surface area contributed by atoms with Gasteiger partial charge in [0.15, 0.2) is 5.11 Å². The zero-order chi connectivity index (χ0) is 20.3. The lowest BCUT2D eigenvalue weighted by molar-refractivity contribution is -0.137. The van der Waals surface area contributed by atoms with Crippen LogP contribution in [0.5, 0.6) is 0 Å². The van der Waals surface area contributed by atoms with Gasteiger partial charge in [0.25, 0.3) is 0 Å². The Hall–Kier alpha value is -2.29. The molecule has 0 aliphatic heterocycles. The third kappa shape index (κ3) is 5.37. The molecule has 0 fully saturated rings. The SMILES string of the molecule is FC(F)(F)c1cccc(Cn2cc(NC(=S)Nc3ccc(Cl)c(Cl)c3)cn2)c1. The third-order valence-corrected chi connectivity index (χ3v) is 4.61. The molecule has 0 bridgehead atoms. The molecule has 2 N–H and O–H groups in total. The van der Waals surface area contributed by atoms with Crippen LogP contribution in [-0.4, -0.2) is 14.9 Å².